The van der Waals surface area contributed by atoms with Gasteiger partial charge >= 0.3 is 5.69 Å². The van der Waals surface area contributed by atoms with Crippen molar-refractivity contribution in [1.82, 2.24) is 14.5 Å². The Morgan fingerprint density at radius 2 is 1.85 bits per heavy atom. The summed E-state index contributed by atoms with van der Waals surface area (Å²) >= 11 is 1.97. The molecule has 2 fully saturated rings. The van der Waals surface area contributed by atoms with Crippen LogP contribution in [0.5, 0.6) is 0 Å². The number of nitrogens with zero attached hydrogens (tertiary/aromatic N) is 5. The largest absolute Gasteiger partial charge is 0.358 e. The highest BCUT2D eigenvalue weighted by atomic mass is 127. The molecule has 1 aromatic rings. The Morgan fingerprint density at radius 3 is 2.42 bits per heavy atom. The van der Waals surface area contributed by atoms with Gasteiger partial charge in [-0.2, -0.15) is 9.97 Å². The Morgan fingerprint density at radius 1 is 1.19 bits per heavy atom. The first-order valence-corrected chi connectivity index (χ1v) is 11.2. The van der Waals surface area contributed by atoms with Crippen molar-refractivity contribution in [3.05, 3.63) is 14.6 Å². The highest BCUT2D eigenvalue weighted by Crippen LogP contribution is 2.33. The van der Waals surface area contributed by atoms with Gasteiger partial charge in [0.25, 0.3) is 0 Å². The summed E-state index contributed by atoms with van der Waals surface area (Å²) in [5, 5.41) is 0. The highest BCUT2D eigenvalue weighted by molar-refractivity contribution is 14.1. The van der Waals surface area contributed by atoms with Gasteiger partial charge in [-0.1, -0.05) is 22.6 Å². The van der Waals surface area contributed by atoms with E-state index >= 15 is 0 Å². The molecule has 0 N–H and O–H groups in total. The molecule has 0 unspecified atom stereocenters. The molecule has 3 aliphatic heterocycles. The molecule has 4 rings (SSSR count). The van der Waals surface area contributed by atoms with Crippen LogP contribution in [0.3, 0.4) is 0 Å². The molecule has 1 spiro atoms. The Bertz CT molecular complexity index is 914. The zero-order valence-electron chi connectivity index (χ0n) is 14.1. The molecule has 3 aliphatic rings. The van der Waals surface area contributed by atoms with E-state index in [0.717, 1.165) is 10.6 Å². The van der Waals surface area contributed by atoms with Crippen LogP contribution in [-0.2, 0) is 19.5 Å². The van der Waals surface area contributed by atoms with Crippen molar-refractivity contribution in [1.29, 1.82) is 0 Å². The molecule has 142 valence electrons. The maximum absolute atomic E-state index is 12.5. The molecule has 4 heterocycles. The number of hydrogen-bond acceptors (Lipinski definition) is 8. The van der Waals surface area contributed by atoms with Crippen LogP contribution in [-0.4, -0.2) is 67.8 Å². The van der Waals surface area contributed by atoms with Crippen molar-refractivity contribution in [3.8, 4) is 0 Å². The van der Waals surface area contributed by atoms with Crippen LogP contribution < -0.4 is 14.9 Å². The molecule has 0 aliphatic carbocycles. The minimum absolute atomic E-state index is 0.0694. The predicted octanol–water partition coefficient (Wildman–Crippen LogP) is -0.00540. The summed E-state index contributed by atoms with van der Waals surface area (Å²) in [6.07, 6.45) is 2.38. The molecule has 0 amide bonds. The van der Waals surface area contributed by atoms with E-state index in [9.17, 15) is 13.2 Å². The van der Waals surface area contributed by atoms with Crippen LogP contribution in [0, 0.1) is 0 Å². The molecule has 2 saturated heterocycles. The average molecular weight is 495 g/mol. The second-order valence-corrected chi connectivity index (χ2v) is 8.94. The minimum atomic E-state index is -3.56. The molecule has 0 bridgehead atoms. The predicted molar refractivity (Wildman–Crippen MR) is 103 cm³/mol. The molecule has 10 nitrogen and oxygen atoms in total. The van der Waals surface area contributed by atoms with E-state index in [4.69, 9.17) is 9.47 Å². The summed E-state index contributed by atoms with van der Waals surface area (Å²) in [5.74, 6) is -0.227. The van der Waals surface area contributed by atoms with Gasteiger partial charge in [-0.15, -0.1) is 0 Å². The average Bonchev–Trinajstić information content (AvgIpc) is 3.20. The van der Waals surface area contributed by atoms with Gasteiger partial charge in [0.1, 0.15) is 0 Å². The van der Waals surface area contributed by atoms with Gasteiger partial charge in [0.2, 0.25) is 21.9 Å². The number of hydrogen-bond donors (Lipinski definition) is 0. The lowest BCUT2D eigenvalue weighted by atomic mass is 10.0. The third-order valence-electron chi connectivity index (χ3n) is 4.75. The quantitative estimate of drug-likeness (QED) is 0.528. The van der Waals surface area contributed by atoms with Crippen LogP contribution in [0.1, 0.15) is 12.8 Å². The lowest BCUT2D eigenvalue weighted by Gasteiger charge is -2.37. The lowest BCUT2D eigenvalue weighted by molar-refractivity contribution is -0.169. The summed E-state index contributed by atoms with van der Waals surface area (Å²) in [6.45, 7) is 2.38. The fraction of sp³-hybridized carbons (Fsp3) is 0.643. The molecule has 0 atom stereocenters. The fourth-order valence-corrected chi connectivity index (χ4v) is 4.68. The zero-order valence-corrected chi connectivity index (χ0v) is 17.1. The first-order valence-electron chi connectivity index (χ1n) is 8.14. The standard InChI is InChI=1S/C14H18IN5O5S/c1-26(22,23)19-9-10(8-15)20-12(19)16-11(17-13(20)21)18-4-2-14(3-5-18)24-6-7-25-14/h8H,2-7,9H2,1H3/b10-8+. The summed E-state index contributed by atoms with van der Waals surface area (Å²) in [7, 11) is -3.56. The van der Waals surface area contributed by atoms with Crippen molar-refractivity contribution in [2.45, 2.75) is 18.6 Å². The van der Waals surface area contributed by atoms with Crippen molar-refractivity contribution in [3.63, 3.8) is 0 Å². The lowest BCUT2D eigenvalue weighted by Crippen LogP contribution is -2.46. The van der Waals surface area contributed by atoms with Gasteiger partial charge in [0.05, 0.1) is 31.7 Å². The number of anilines is 2. The van der Waals surface area contributed by atoms with E-state index in [1.54, 1.807) is 4.08 Å². The number of sulfonamides is 1. The topological polar surface area (TPSA) is 107 Å². The first kappa shape index (κ1) is 18.1. The van der Waals surface area contributed by atoms with Gasteiger partial charge in [0.15, 0.2) is 5.79 Å². The van der Waals surface area contributed by atoms with Crippen LogP contribution in [0.25, 0.3) is 5.70 Å². The van der Waals surface area contributed by atoms with E-state index in [1.165, 1.54) is 4.57 Å². The molecule has 1 aromatic heterocycles. The summed E-state index contributed by atoms with van der Waals surface area (Å²) in [4.78, 5) is 22.9. The SMILES string of the molecule is CS(=O)(=O)N1C/C(=C\I)n2c1nc(N1CCC3(CC1)OCCO3)nc2=O. The number of halogens is 1. The van der Waals surface area contributed by atoms with Crippen LogP contribution in [0.4, 0.5) is 11.9 Å². The molecule has 12 heteroatoms. The van der Waals surface area contributed by atoms with Crippen molar-refractivity contribution in [2.24, 2.45) is 0 Å². The second kappa shape index (κ2) is 6.42. The Labute approximate surface area is 164 Å². The molecule has 0 saturated carbocycles. The third-order valence-corrected chi connectivity index (χ3v) is 6.56. The monoisotopic (exact) mass is 495 g/mol. The van der Waals surface area contributed by atoms with E-state index < -0.39 is 21.5 Å². The molecular formula is C14H18IN5O5S. The fourth-order valence-electron chi connectivity index (χ4n) is 3.42. The van der Waals surface area contributed by atoms with E-state index in [0.29, 0.717) is 44.8 Å². The van der Waals surface area contributed by atoms with E-state index in [1.807, 2.05) is 27.5 Å². The maximum Gasteiger partial charge on any atom is 0.358 e. The van der Waals surface area contributed by atoms with E-state index in [-0.39, 0.29) is 18.4 Å². The van der Waals surface area contributed by atoms with Crippen LogP contribution >= 0.6 is 22.6 Å². The van der Waals surface area contributed by atoms with Gasteiger partial charge in [-0.3, -0.25) is 0 Å². The molecule has 0 aromatic carbocycles. The Balaban J connectivity index is 1.68. The summed E-state index contributed by atoms with van der Waals surface area (Å²) in [5.41, 5.74) is 0.000599. The van der Waals surface area contributed by atoms with Crippen molar-refractivity contribution < 1.29 is 17.9 Å². The number of piperidine rings is 1. The first-order chi connectivity index (χ1) is 12.3. The number of rotatable bonds is 2. The number of fused-ring (bicyclic) bond motifs is 1. The second-order valence-electron chi connectivity index (χ2n) is 6.41. The smallest absolute Gasteiger partial charge is 0.347 e. The Hall–Kier alpha value is -1.25. The third kappa shape index (κ3) is 3.01. The highest BCUT2D eigenvalue weighted by Gasteiger charge is 2.41. The minimum Gasteiger partial charge on any atom is -0.347 e. The van der Waals surface area contributed by atoms with E-state index in [2.05, 4.69) is 9.97 Å². The zero-order chi connectivity index (χ0) is 18.5. The van der Waals surface area contributed by atoms with Crippen molar-refractivity contribution >= 4 is 50.2 Å². The van der Waals surface area contributed by atoms with Crippen LogP contribution in [0.2, 0.25) is 0 Å². The molecule has 0 radical (unpaired) electrons. The maximum atomic E-state index is 12.5. The van der Waals surface area contributed by atoms with Gasteiger partial charge in [0, 0.05) is 25.9 Å². The molecular weight excluding hydrogens is 477 g/mol. The van der Waals surface area contributed by atoms with Gasteiger partial charge in [-0.25, -0.2) is 22.1 Å². The number of aromatic nitrogens is 3. The Kier molecular flexibility index (Phi) is 4.48. The van der Waals surface area contributed by atoms with Crippen LogP contribution in [0.15, 0.2) is 8.88 Å². The van der Waals surface area contributed by atoms with Crippen molar-refractivity contribution in [2.75, 3.05) is 48.3 Å². The number of ether oxygens (including phenoxy) is 2. The van der Waals surface area contributed by atoms with Gasteiger partial charge < -0.3 is 14.4 Å². The summed E-state index contributed by atoms with van der Waals surface area (Å²) < 4.78 is 39.6. The normalized spacial score (nSPS) is 23.8. The molecule has 26 heavy (non-hydrogen) atoms. The summed E-state index contributed by atoms with van der Waals surface area (Å²) in [6, 6.07) is 0. The van der Waals surface area contributed by atoms with Gasteiger partial charge in [-0.05, 0) is 4.08 Å².